The van der Waals surface area contributed by atoms with Crippen LogP contribution in [0.2, 0.25) is 5.02 Å². The Morgan fingerprint density at radius 2 is 2.05 bits per heavy atom. The minimum atomic E-state index is -3.55. The first-order chi connectivity index (χ1) is 9.73. The second-order valence-corrected chi connectivity index (χ2v) is 8.09. The Morgan fingerprint density at radius 3 is 2.62 bits per heavy atom. The largest absolute Gasteiger partial charge is 0.398 e. The normalized spacial score (nSPS) is 20.9. The van der Waals surface area contributed by atoms with Crippen molar-refractivity contribution < 1.29 is 8.42 Å². The van der Waals surface area contributed by atoms with Crippen LogP contribution in [0, 0.1) is 6.92 Å². The first kappa shape index (κ1) is 16.5. The standard InChI is InChI=1S/C14H22ClN3O2S/c1-10-13(15)7-12(8-14(10)16)21(19,20)18-6-4-5-11(9-18)17(2)3/h7-8,11H,4-6,9,16H2,1-3H3. The van der Waals surface area contributed by atoms with Gasteiger partial charge in [-0.15, -0.1) is 0 Å². The van der Waals surface area contributed by atoms with E-state index in [1.807, 2.05) is 14.1 Å². The smallest absolute Gasteiger partial charge is 0.243 e. The monoisotopic (exact) mass is 331 g/mol. The van der Waals surface area contributed by atoms with Crippen molar-refractivity contribution in [3.8, 4) is 0 Å². The number of piperidine rings is 1. The number of benzene rings is 1. The van der Waals surface area contributed by atoms with Gasteiger partial charge in [0.2, 0.25) is 10.0 Å². The van der Waals surface area contributed by atoms with Gasteiger partial charge < -0.3 is 10.6 Å². The third-order valence-electron chi connectivity index (χ3n) is 4.09. The van der Waals surface area contributed by atoms with Gasteiger partial charge in [-0.2, -0.15) is 4.31 Å². The highest BCUT2D eigenvalue weighted by Gasteiger charge is 2.31. The Labute approximate surface area is 131 Å². The highest BCUT2D eigenvalue weighted by atomic mass is 35.5. The molecule has 0 amide bonds. The molecule has 0 saturated carbocycles. The third-order valence-corrected chi connectivity index (χ3v) is 6.32. The Kier molecular flexibility index (Phi) is 4.82. The number of hydrogen-bond acceptors (Lipinski definition) is 4. The van der Waals surface area contributed by atoms with Crippen LogP contribution in [0.1, 0.15) is 18.4 Å². The van der Waals surface area contributed by atoms with Crippen molar-refractivity contribution in [3.05, 3.63) is 22.7 Å². The number of nitrogens with two attached hydrogens (primary N) is 1. The summed E-state index contributed by atoms with van der Waals surface area (Å²) in [6, 6.07) is 3.23. The summed E-state index contributed by atoms with van der Waals surface area (Å²) in [6.45, 7) is 2.82. The number of halogens is 1. The van der Waals surface area contributed by atoms with Gasteiger partial charge in [0.1, 0.15) is 0 Å². The molecule has 1 aromatic carbocycles. The molecule has 1 unspecified atom stereocenters. The van der Waals surface area contributed by atoms with Gasteiger partial charge in [-0.1, -0.05) is 11.6 Å². The molecule has 0 spiro atoms. The number of nitrogens with zero attached hydrogens (tertiary/aromatic N) is 2. The predicted octanol–water partition coefficient (Wildman–Crippen LogP) is 1.95. The lowest BCUT2D eigenvalue weighted by Gasteiger charge is -2.35. The number of anilines is 1. The van der Waals surface area contributed by atoms with Crippen LogP contribution in [-0.4, -0.2) is 50.8 Å². The molecule has 5 nitrogen and oxygen atoms in total. The summed E-state index contributed by atoms with van der Waals surface area (Å²) in [4.78, 5) is 2.24. The fourth-order valence-corrected chi connectivity index (χ4v) is 4.40. The van der Waals surface area contributed by atoms with Crippen LogP contribution in [0.3, 0.4) is 0 Å². The van der Waals surface area contributed by atoms with E-state index in [1.54, 1.807) is 6.92 Å². The molecular weight excluding hydrogens is 310 g/mol. The number of likely N-dealkylation sites (N-methyl/N-ethyl adjacent to an activating group) is 1. The van der Waals surface area contributed by atoms with Gasteiger partial charge in [-0.05, 0) is 51.6 Å². The van der Waals surface area contributed by atoms with E-state index in [4.69, 9.17) is 17.3 Å². The van der Waals surface area contributed by atoms with E-state index < -0.39 is 10.0 Å². The fourth-order valence-electron chi connectivity index (χ4n) is 2.53. The van der Waals surface area contributed by atoms with Crippen molar-refractivity contribution in [1.29, 1.82) is 0 Å². The van der Waals surface area contributed by atoms with Gasteiger partial charge in [-0.3, -0.25) is 0 Å². The van der Waals surface area contributed by atoms with Crippen LogP contribution in [0.4, 0.5) is 5.69 Å². The molecule has 1 heterocycles. The maximum Gasteiger partial charge on any atom is 0.243 e. The molecule has 2 N–H and O–H groups in total. The lowest BCUT2D eigenvalue weighted by Crippen LogP contribution is -2.47. The van der Waals surface area contributed by atoms with Crippen molar-refractivity contribution in [2.45, 2.75) is 30.7 Å². The van der Waals surface area contributed by atoms with Gasteiger partial charge in [0.15, 0.2) is 0 Å². The van der Waals surface area contributed by atoms with E-state index in [2.05, 4.69) is 4.90 Å². The number of rotatable bonds is 3. The number of nitrogen functional groups attached to an aromatic ring is 1. The highest BCUT2D eigenvalue weighted by Crippen LogP contribution is 2.29. The van der Waals surface area contributed by atoms with Crippen LogP contribution in [-0.2, 0) is 10.0 Å². The summed E-state index contributed by atoms with van der Waals surface area (Å²) in [7, 11) is 0.399. The van der Waals surface area contributed by atoms with Crippen molar-refractivity contribution >= 4 is 27.3 Å². The lowest BCUT2D eigenvalue weighted by atomic mass is 10.1. The van der Waals surface area contributed by atoms with Crippen molar-refractivity contribution in [2.24, 2.45) is 0 Å². The van der Waals surface area contributed by atoms with Crippen molar-refractivity contribution in [1.82, 2.24) is 9.21 Å². The molecule has 0 aliphatic carbocycles. The molecule has 1 aromatic rings. The molecule has 1 atom stereocenters. The maximum atomic E-state index is 12.8. The van der Waals surface area contributed by atoms with Crippen LogP contribution < -0.4 is 5.73 Å². The average molecular weight is 332 g/mol. The number of hydrogen-bond donors (Lipinski definition) is 1. The lowest BCUT2D eigenvalue weighted by molar-refractivity contribution is 0.190. The topological polar surface area (TPSA) is 66.6 Å². The molecule has 21 heavy (non-hydrogen) atoms. The van der Waals surface area contributed by atoms with Crippen LogP contribution in [0.5, 0.6) is 0 Å². The van der Waals surface area contributed by atoms with E-state index in [0.29, 0.717) is 29.4 Å². The Balaban J connectivity index is 2.34. The summed E-state index contributed by atoms with van der Waals surface area (Å²) in [5.74, 6) is 0. The molecule has 1 aliphatic rings. The van der Waals surface area contributed by atoms with E-state index >= 15 is 0 Å². The Hall–Kier alpha value is -0.820. The predicted molar refractivity (Wildman–Crippen MR) is 86.1 cm³/mol. The highest BCUT2D eigenvalue weighted by molar-refractivity contribution is 7.89. The summed E-state index contributed by atoms with van der Waals surface area (Å²) in [6.07, 6.45) is 1.87. The zero-order valence-electron chi connectivity index (χ0n) is 12.6. The summed E-state index contributed by atoms with van der Waals surface area (Å²) in [5.41, 5.74) is 6.96. The Bertz CT molecular complexity index is 608. The van der Waals surface area contributed by atoms with E-state index in [9.17, 15) is 8.42 Å². The first-order valence-corrected chi connectivity index (χ1v) is 8.77. The van der Waals surface area contributed by atoms with Gasteiger partial charge in [0, 0.05) is 29.8 Å². The molecular formula is C14H22ClN3O2S. The van der Waals surface area contributed by atoms with Crippen LogP contribution >= 0.6 is 11.6 Å². The van der Waals surface area contributed by atoms with E-state index in [1.165, 1.54) is 16.4 Å². The van der Waals surface area contributed by atoms with Crippen molar-refractivity contribution in [3.63, 3.8) is 0 Å². The molecule has 1 fully saturated rings. The number of sulfonamides is 1. The quantitative estimate of drug-likeness (QED) is 0.860. The van der Waals surface area contributed by atoms with Crippen molar-refractivity contribution in [2.75, 3.05) is 32.9 Å². The van der Waals surface area contributed by atoms with E-state index in [0.717, 1.165) is 12.8 Å². The molecule has 7 heteroatoms. The molecule has 0 bridgehead atoms. The van der Waals surface area contributed by atoms with Gasteiger partial charge in [0.05, 0.1) is 4.90 Å². The summed E-state index contributed by atoms with van der Waals surface area (Å²) in [5, 5.41) is 0.384. The summed E-state index contributed by atoms with van der Waals surface area (Å²) < 4.78 is 27.1. The second-order valence-electron chi connectivity index (χ2n) is 5.74. The zero-order chi connectivity index (χ0) is 15.8. The molecule has 0 aromatic heterocycles. The van der Waals surface area contributed by atoms with Gasteiger partial charge in [-0.25, -0.2) is 8.42 Å². The molecule has 118 valence electrons. The third kappa shape index (κ3) is 3.34. The summed E-state index contributed by atoms with van der Waals surface area (Å²) >= 11 is 6.07. The second kappa shape index (κ2) is 6.12. The first-order valence-electron chi connectivity index (χ1n) is 6.95. The average Bonchev–Trinajstić information content (AvgIpc) is 2.44. The molecule has 1 aliphatic heterocycles. The minimum absolute atomic E-state index is 0.176. The van der Waals surface area contributed by atoms with Gasteiger partial charge >= 0.3 is 0 Å². The molecule has 2 rings (SSSR count). The minimum Gasteiger partial charge on any atom is -0.398 e. The fraction of sp³-hybridized carbons (Fsp3) is 0.571. The zero-order valence-corrected chi connectivity index (χ0v) is 14.2. The molecule has 1 saturated heterocycles. The maximum absolute atomic E-state index is 12.8. The SMILES string of the molecule is Cc1c(N)cc(S(=O)(=O)N2CCCC(N(C)C)C2)cc1Cl. The van der Waals surface area contributed by atoms with Crippen LogP contribution in [0.25, 0.3) is 0 Å². The van der Waals surface area contributed by atoms with E-state index in [-0.39, 0.29) is 10.9 Å². The van der Waals surface area contributed by atoms with Gasteiger partial charge in [0.25, 0.3) is 0 Å². The van der Waals surface area contributed by atoms with Crippen LogP contribution in [0.15, 0.2) is 17.0 Å². The Morgan fingerprint density at radius 1 is 1.38 bits per heavy atom. The molecule has 0 radical (unpaired) electrons.